The van der Waals surface area contributed by atoms with Crippen LogP contribution in [0.4, 0.5) is 0 Å². The van der Waals surface area contributed by atoms with Crippen molar-refractivity contribution in [1.82, 2.24) is 10.3 Å². The summed E-state index contributed by atoms with van der Waals surface area (Å²) in [6.45, 7) is 3.56. The molecule has 1 unspecified atom stereocenters. The van der Waals surface area contributed by atoms with E-state index < -0.39 is 5.97 Å². The van der Waals surface area contributed by atoms with Crippen molar-refractivity contribution in [3.8, 4) is 0 Å². The minimum atomic E-state index is -0.398. The van der Waals surface area contributed by atoms with Gasteiger partial charge in [0.25, 0.3) is 0 Å². The number of ether oxygens (including phenoxy) is 1. The number of hydrogen-bond donors (Lipinski definition) is 1. The van der Waals surface area contributed by atoms with Gasteiger partial charge in [-0.25, -0.2) is 4.79 Å². The number of carbonyl (C=O) groups is 2. The molecule has 1 N–H and O–H groups in total. The number of rotatable bonds is 6. The Balaban J connectivity index is 2.18. The fourth-order valence-corrected chi connectivity index (χ4v) is 2.27. The molecule has 0 aliphatic rings. The summed E-state index contributed by atoms with van der Waals surface area (Å²) in [7, 11) is 0. The summed E-state index contributed by atoms with van der Waals surface area (Å²) in [5.74, 6) is -0.520. The average Bonchev–Trinajstić information content (AvgIpc) is 2.55. The van der Waals surface area contributed by atoms with Crippen LogP contribution in [-0.4, -0.2) is 23.5 Å². The number of esters is 1. The lowest BCUT2D eigenvalue weighted by molar-refractivity contribution is -0.119. The van der Waals surface area contributed by atoms with E-state index >= 15 is 0 Å². The van der Waals surface area contributed by atoms with Crippen LogP contribution in [0.5, 0.6) is 0 Å². The van der Waals surface area contributed by atoms with Gasteiger partial charge in [0.2, 0.25) is 5.91 Å². The van der Waals surface area contributed by atoms with Crippen LogP contribution in [0.1, 0.15) is 41.5 Å². The van der Waals surface area contributed by atoms with E-state index in [4.69, 9.17) is 4.74 Å². The van der Waals surface area contributed by atoms with E-state index in [2.05, 4.69) is 10.3 Å². The SMILES string of the molecule is CCOC(=O)c1ccc(C(Cc2ccccc2)NC(C)=O)nc1. The lowest BCUT2D eigenvalue weighted by Gasteiger charge is -2.17. The monoisotopic (exact) mass is 312 g/mol. The maximum atomic E-state index is 11.7. The van der Waals surface area contributed by atoms with Gasteiger partial charge in [-0.3, -0.25) is 9.78 Å². The Kier molecular flexibility index (Phi) is 5.86. The molecular weight excluding hydrogens is 292 g/mol. The van der Waals surface area contributed by atoms with Gasteiger partial charge in [0.15, 0.2) is 0 Å². The third-order valence-corrected chi connectivity index (χ3v) is 3.31. The Morgan fingerprint density at radius 1 is 1.17 bits per heavy atom. The van der Waals surface area contributed by atoms with Gasteiger partial charge in [-0.2, -0.15) is 0 Å². The van der Waals surface area contributed by atoms with Gasteiger partial charge in [0, 0.05) is 13.1 Å². The second kappa shape index (κ2) is 8.08. The minimum absolute atomic E-state index is 0.123. The standard InChI is InChI=1S/C18H20N2O3/c1-3-23-18(22)15-9-10-16(19-12-15)17(20-13(2)21)11-14-7-5-4-6-8-14/h4-10,12,17H,3,11H2,1-2H3,(H,20,21). The molecule has 0 aliphatic carbocycles. The molecule has 0 saturated carbocycles. The highest BCUT2D eigenvalue weighted by atomic mass is 16.5. The maximum absolute atomic E-state index is 11.7. The van der Waals surface area contributed by atoms with Crippen molar-refractivity contribution in [1.29, 1.82) is 0 Å². The number of carbonyl (C=O) groups excluding carboxylic acids is 2. The zero-order valence-electron chi connectivity index (χ0n) is 13.3. The Hall–Kier alpha value is -2.69. The highest BCUT2D eigenvalue weighted by molar-refractivity contribution is 5.89. The molecule has 2 aromatic rings. The molecule has 0 spiro atoms. The molecule has 1 aromatic heterocycles. The fraction of sp³-hybridized carbons (Fsp3) is 0.278. The van der Waals surface area contributed by atoms with Crippen molar-refractivity contribution in [3.05, 3.63) is 65.5 Å². The smallest absolute Gasteiger partial charge is 0.339 e. The molecule has 1 heterocycles. The van der Waals surface area contributed by atoms with Crippen LogP contribution in [0.25, 0.3) is 0 Å². The number of benzene rings is 1. The molecule has 5 heteroatoms. The van der Waals surface area contributed by atoms with Crippen LogP contribution < -0.4 is 5.32 Å². The number of hydrogen-bond acceptors (Lipinski definition) is 4. The second-order valence-electron chi connectivity index (χ2n) is 5.14. The van der Waals surface area contributed by atoms with Gasteiger partial charge in [-0.1, -0.05) is 30.3 Å². The van der Waals surface area contributed by atoms with Crippen LogP contribution in [0.15, 0.2) is 48.7 Å². The molecule has 0 saturated heterocycles. The summed E-state index contributed by atoms with van der Waals surface area (Å²) >= 11 is 0. The van der Waals surface area contributed by atoms with Gasteiger partial charge in [0.1, 0.15) is 0 Å². The van der Waals surface area contributed by atoms with E-state index in [0.29, 0.717) is 24.3 Å². The van der Waals surface area contributed by atoms with Crippen LogP contribution in [0, 0.1) is 0 Å². The maximum Gasteiger partial charge on any atom is 0.339 e. The molecule has 23 heavy (non-hydrogen) atoms. The first kappa shape index (κ1) is 16.7. The lowest BCUT2D eigenvalue weighted by Crippen LogP contribution is -2.28. The summed E-state index contributed by atoms with van der Waals surface area (Å²) in [5, 5.41) is 2.90. The van der Waals surface area contributed by atoms with Crippen molar-refractivity contribution in [2.24, 2.45) is 0 Å². The highest BCUT2D eigenvalue weighted by Crippen LogP contribution is 2.17. The molecule has 2 rings (SSSR count). The number of nitrogens with zero attached hydrogens (tertiary/aromatic N) is 1. The molecule has 0 aliphatic heterocycles. The van der Waals surface area contributed by atoms with Crippen molar-refractivity contribution in [3.63, 3.8) is 0 Å². The van der Waals surface area contributed by atoms with E-state index in [1.807, 2.05) is 30.3 Å². The number of nitrogens with one attached hydrogen (secondary N) is 1. The predicted molar refractivity (Wildman–Crippen MR) is 86.9 cm³/mol. The molecular formula is C18H20N2O3. The van der Waals surface area contributed by atoms with Gasteiger partial charge < -0.3 is 10.1 Å². The molecule has 0 radical (unpaired) electrons. The van der Waals surface area contributed by atoms with Gasteiger partial charge in [0.05, 0.1) is 23.9 Å². The normalized spacial score (nSPS) is 11.6. The quantitative estimate of drug-likeness (QED) is 0.833. The van der Waals surface area contributed by atoms with Crippen molar-refractivity contribution in [2.75, 3.05) is 6.61 Å². The topological polar surface area (TPSA) is 68.3 Å². The zero-order valence-corrected chi connectivity index (χ0v) is 13.3. The average molecular weight is 312 g/mol. The Morgan fingerprint density at radius 3 is 2.48 bits per heavy atom. The second-order valence-corrected chi connectivity index (χ2v) is 5.14. The molecule has 0 fully saturated rings. The van der Waals surface area contributed by atoms with Crippen molar-refractivity contribution < 1.29 is 14.3 Å². The van der Waals surface area contributed by atoms with Gasteiger partial charge in [-0.15, -0.1) is 0 Å². The van der Waals surface area contributed by atoms with E-state index in [0.717, 1.165) is 5.56 Å². The van der Waals surface area contributed by atoms with E-state index in [-0.39, 0.29) is 11.9 Å². The molecule has 0 bridgehead atoms. The number of aromatic nitrogens is 1. The van der Waals surface area contributed by atoms with Crippen LogP contribution in [-0.2, 0) is 16.0 Å². The first-order valence-electron chi connectivity index (χ1n) is 7.54. The first-order valence-corrected chi connectivity index (χ1v) is 7.54. The van der Waals surface area contributed by atoms with Crippen molar-refractivity contribution in [2.45, 2.75) is 26.3 Å². The first-order chi connectivity index (χ1) is 11.1. The van der Waals surface area contributed by atoms with Crippen LogP contribution in [0.2, 0.25) is 0 Å². The summed E-state index contributed by atoms with van der Waals surface area (Å²) in [5.41, 5.74) is 2.21. The third-order valence-electron chi connectivity index (χ3n) is 3.31. The molecule has 1 atom stereocenters. The predicted octanol–water partition coefficient (Wildman–Crippen LogP) is 2.68. The summed E-state index contributed by atoms with van der Waals surface area (Å²) in [6.07, 6.45) is 2.11. The molecule has 120 valence electrons. The van der Waals surface area contributed by atoms with Gasteiger partial charge in [-0.05, 0) is 31.0 Å². The lowest BCUT2D eigenvalue weighted by atomic mass is 10.0. The van der Waals surface area contributed by atoms with Crippen LogP contribution >= 0.6 is 0 Å². The molecule has 5 nitrogen and oxygen atoms in total. The van der Waals surface area contributed by atoms with Crippen molar-refractivity contribution >= 4 is 11.9 Å². The summed E-state index contributed by atoms with van der Waals surface area (Å²) in [4.78, 5) is 27.4. The minimum Gasteiger partial charge on any atom is -0.462 e. The number of amides is 1. The number of pyridine rings is 1. The Labute approximate surface area is 135 Å². The Bertz CT molecular complexity index is 654. The zero-order chi connectivity index (χ0) is 16.7. The third kappa shape index (κ3) is 4.92. The van der Waals surface area contributed by atoms with E-state index in [1.54, 1.807) is 19.1 Å². The molecule has 1 amide bonds. The summed E-state index contributed by atoms with van der Waals surface area (Å²) < 4.78 is 4.94. The largest absolute Gasteiger partial charge is 0.462 e. The summed E-state index contributed by atoms with van der Waals surface area (Å²) in [6, 6.07) is 13.0. The van der Waals surface area contributed by atoms with E-state index in [1.165, 1.54) is 13.1 Å². The van der Waals surface area contributed by atoms with E-state index in [9.17, 15) is 9.59 Å². The van der Waals surface area contributed by atoms with Crippen LogP contribution in [0.3, 0.4) is 0 Å². The fourth-order valence-electron chi connectivity index (χ4n) is 2.27. The van der Waals surface area contributed by atoms with Gasteiger partial charge >= 0.3 is 5.97 Å². The highest BCUT2D eigenvalue weighted by Gasteiger charge is 2.16. The Morgan fingerprint density at radius 2 is 1.91 bits per heavy atom. The molecule has 1 aromatic carbocycles.